The van der Waals surface area contributed by atoms with Crippen LogP contribution in [0.15, 0.2) is 4.99 Å². The fourth-order valence-electron chi connectivity index (χ4n) is 1.29. The van der Waals surface area contributed by atoms with Crippen molar-refractivity contribution in [3.63, 3.8) is 0 Å². The van der Waals surface area contributed by atoms with E-state index in [1.54, 1.807) is 0 Å². The molecule has 1 fully saturated rings. The average Bonchev–Trinajstić information content (AvgIpc) is 2.97. The van der Waals surface area contributed by atoms with E-state index in [1.165, 1.54) is 12.8 Å². The van der Waals surface area contributed by atoms with Crippen molar-refractivity contribution < 1.29 is 8.42 Å². The van der Waals surface area contributed by atoms with Gasteiger partial charge in [0.25, 0.3) is 0 Å². The molecule has 0 aliphatic heterocycles. The Morgan fingerprint density at radius 3 is 2.69 bits per heavy atom. The second kappa shape index (κ2) is 5.49. The van der Waals surface area contributed by atoms with Gasteiger partial charge in [0.2, 0.25) is 10.0 Å². The Morgan fingerprint density at radius 2 is 2.19 bits per heavy atom. The van der Waals surface area contributed by atoms with Gasteiger partial charge in [0.1, 0.15) is 0 Å². The molecule has 0 bridgehead atoms. The monoisotopic (exact) mass is 248 g/mol. The van der Waals surface area contributed by atoms with Crippen LogP contribution in [0, 0.1) is 0 Å². The van der Waals surface area contributed by atoms with Crippen molar-refractivity contribution in [2.45, 2.75) is 25.3 Å². The van der Waals surface area contributed by atoms with Gasteiger partial charge in [-0.05, 0) is 19.3 Å². The van der Waals surface area contributed by atoms with Crippen molar-refractivity contribution in [2.24, 2.45) is 10.7 Å². The van der Waals surface area contributed by atoms with Gasteiger partial charge in [0.15, 0.2) is 5.96 Å². The Balaban J connectivity index is 2.15. The Hall–Kier alpha value is -0.820. The Kier molecular flexibility index (Phi) is 4.55. The molecule has 1 saturated carbocycles. The van der Waals surface area contributed by atoms with Crippen molar-refractivity contribution in [3.8, 4) is 0 Å². The Morgan fingerprint density at radius 1 is 1.56 bits per heavy atom. The number of rotatable bonds is 6. The van der Waals surface area contributed by atoms with Gasteiger partial charge in [-0.25, -0.2) is 13.1 Å². The van der Waals surface area contributed by atoms with Crippen molar-refractivity contribution >= 4 is 16.0 Å². The summed E-state index contributed by atoms with van der Waals surface area (Å²) in [6, 6.07) is 0.554. The van der Waals surface area contributed by atoms with Crippen LogP contribution < -0.4 is 10.5 Å². The Labute approximate surface area is 97.0 Å². The molecule has 7 heteroatoms. The van der Waals surface area contributed by atoms with E-state index >= 15 is 0 Å². The normalized spacial score (nSPS) is 17.5. The van der Waals surface area contributed by atoms with E-state index in [9.17, 15) is 8.42 Å². The molecule has 3 N–H and O–H groups in total. The third-order valence-electron chi connectivity index (χ3n) is 2.43. The highest BCUT2D eigenvalue weighted by Crippen LogP contribution is 2.24. The van der Waals surface area contributed by atoms with Crippen LogP contribution >= 0.6 is 0 Å². The second-order valence-corrected chi connectivity index (χ2v) is 5.94. The highest BCUT2D eigenvalue weighted by Gasteiger charge is 2.27. The van der Waals surface area contributed by atoms with Gasteiger partial charge in [-0.1, -0.05) is 0 Å². The summed E-state index contributed by atoms with van der Waals surface area (Å²) in [4.78, 5) is 6.17. The zero-order chi connectivity index (χ0) is 12.2. The van der Waals surface area contributed by atoms with Crippen LogP contribution in [-0.4, -0.2) is 51.7 Å². The standard InChI is InChI=1S/C9H20N4O2S/c1-13(8-4-5-8)9(10)11-6-3-7-12-16(2,14)15/h8,12H,3-7H2,1-2H3,(H2,10,11). The summed E-state index contributed by atoms with van der Waals surface area (Å²) < 4.78 is 23.9. The summed E-state index contributed by atoms with van der Waals surface area (Å²) in [7, 11) is -1.15. The van der Waals surface area contributed by atoms with Crippen LogP contribution in [0.25, 0.3) is 0 Å². The first kappa shape index (κ1) is 13.2. The summed E-state index contributed by atoms with van der Waals surface area (Å²) in [6.07, 6.45) is 4.17. The quantitative estimate of drug-likeness (QED) is 0.371. The van der Waals surface area contributed by atoms with Gasteiger partial charge in [0.05, 0.1) is 6.26 Å². The van der Waals surface area contributed by atoms with E-state index in [1.807, 2.05) is 11.9 Å². The lowest BCUT2D eigenvalue weighted by molar-refractivity contribution is 0.487. The highest BCUT2D eigenvalue weighted by molar-refractivity contribution is 7.88. The third kappa shape index (κ3) is 5.32. The zero-order valence-electron chi connectivity index (χ0n) is 9.81. The van der Waals surface area contributed by atoms with Crippen LogP contribution in [0.4, 0.5) is 0 Å². The van der Waals surface area contributed by atoms with Crippen molar-refractivity contribution in [2.75, 3.05) is 26.4 Å². The summed E-state index contributed by atoms with van der Waals surface area (Å²) in [5.41, 5.74) is 5.76. The first-order valence-corrected chi connectivity index (χ1v) is 7.26. The topological polar surface area (TPSA) is 87.8 Å². The second-order valence-electron chi connectivity index (χ2n) is 4.10. The largest absolute Gasteiger partial charge is 0.370 e. The number of hydrogen-bond acceptors (Lipinski definition) is 3. The number of hydrogen-bond donors (Lipinski definition) is 2. The first-order valence-electron chi connectivity index (χ1n) is 5.37. The molecule has 0 saturated heterocycles. The van der Waals surface area contributed by atoms with Crippen molar-refractivity contribution in [3.05, 3.63) is 0 Å². The smallest absolute Gasteiger partial charge is 0.208 e. The van der Waals surface area contributed by atoms with E-state index in [-0.39, 0.29) is 0 Å². The third-order valence-corrected chi connectivity index (χ3v) is 3.16. The zero-order valence-corrected chi connectivity index (χ0v) is 10.6. The van der Waals surface area contributed by atoms with E-state index < -0.39 is 10.0 Å². The predicted octanol–water partition coefficient (Wildman–Crippen LogP) is -0.665. The molecule has 0 amide bonds. The maximum atomic E-state index is 10.8. The van der Waals surface area contributed by atoms with Gasteiger partial charge in [-0.3, -0.25) is 4.99 Å². The van der Waals surface area contributed by atoms with Gasteiger partial charge < -0.3 is 10.6 Å². The summed E-state index contributed by atoms with van der Waals surface area (Å²) in [5, 5.41) is 0. The molecule has 0 aromatic heterocycles. The molecule has 0 aromatic rings. The predicted molar refractivity (Wildman–Crippen MR) is 64.7 cm³/mol. The van der Waals surface area contributed by atoms with Crippen LogP contribution in [0.2, 0.25) is 0 Å². The fourth-order valence-corrected chi connectivity index (χ4v) is 1.81. The molecular weight excluding hydrogens is 228 g/mol. The van der Waals surface area contributed by atoms with E-state index in [0.717, 1.165) is 6.26 Å². The molecule has 0 atom stereocenters. The number of sulfonamides is 1. The summed E-state index contributed by atoms with van der Waals surface area (Å²) in [5.74, 6) is 0.543. The average molecular weight is 248 g/mol. The number of nitrogens with two attached hydrogens (primary N) is 1. The van der Waals surface area contributed by atoms with Crippen molar-refractivity contribution in [1.29, 1.82) is 0 Å². The molecule has 0 heterocycles. The highest BCUT2D eigenvalue weighted by atomic mass is 32.2. The lowest BCUT2D eigenvalue weighted by Crippen LogP contribution is -2.36. The number of nitrogens with one attached hydrogen (secondary N) is 1. The molecule has 6 nitrogen and oxygen atoms in total. The van der Waals surface area contributed by atoms with Crippen molar-refractivity contribution in [1.82, 2.24) is 9.62 Å². The van der Waals surface area contributed by atoms with E-state index in [0.29, 0.717) is 31.5 Å². The molecule has 16 heavy (non-hydrogen) atoms. The molecule has 0 unspecified atom stereocenters. The van der Waals surface area contributed by atoms with Gasteiger partial charge in [0, 0.05) is 26.2 Å². The minimum atomic E-state index is -3.08. The maximum Gasteiger partial charge on any atom is 0.208 e. The minimum absolute atomic E-state index is 0.406. The van der Waals surface area contributed by atoms with Crippen LogP contribution in [-0.2, 0) is 10.0 Å². The molecule has 94 valence electrons. The van der Waals surface area contributed by atoms with Gasteiger partial charge >= 0.3 is 0 Å². The molecular formula is C9H20N4O2S. The first-order chi connectivity index (χ1) is 7.40. The van der Waals surface area contributed by atoms with E-state index in [4.69, 9.17) is 5.73 Å². The number of guanidine groups is 1. The fraction of sp³-hybridized carbons (Fsp3) is 0.889. The summed E-state index contributed by atoms with van der Waals surface area (Å²) in [6.45, 7) is 0.953. The lowest BCUT2D eigenvalue weighted by Gasteiger charge is -2.16. The van der Waals surface area contributed by atoms with Crippen LogP contribution in [0.5, 0.6) is 0 Å². The molecule has 1 aliphatic rings. The van der Waals surface area contributed by atoms with Gasteiger partial charge in [-0.15, -0.1) is 0 Å². The molecule has 0 radical (unpaired) electrons. The molecule has 0 aromatic carbocycles. The summed E-state index contributed by atoms with van der Waals surface area (Å²) >= 11 is 0. The van der Waals surface area contributed by atoms with Crippen LogP contribution in [0.1, 0.15) is 19.3 Å². The van der Waals surface area contributed by atoms with Gasteiger partial charge in [-0.2, -0.15) is 0 Å². The van der Waals surface area contributed by atoms with Crippen LogP contribution in [0.3, 0.4) is 0 Å². The SMILES string of the molecule is CN(C(N)=NCCCNS(C)(=O)=O)C1CC1. The molecule has 1 rings (SSSR count). The number of aliphatic imine (C=N–C) groups is 1. The maximum absolute atomic E-state index is 10.8. The van der Waals surface area contributed by atoms with E-state index in [2.05, 4.69) is 9.71 Å². The molecule has 0 spiro atoms. The molecule has 1 aliphatic carbocycles. The lowest BCUT2D eigenvalue weighted by atomic mass is 10.4. The minimum Gasteiger partial charge on any atom is -0.370 e. The number of nitrogens with zero attached hydrogens (tertiary/aromatic N) is 2. The Bertz CT molecular complexity index is 349.